The van der Waals surface area contributed by atoms with Crippen LogP contribution >= 0.6 is 0 Å². The Morgan fingerprint density at radius 3 is 1.47 bits per heavy atom. The topological polar surface area (TPSA) is 38.9 Å². The highest BCUT2D eigenvalue weighted by Gasteiger charge is 2.64. The molecular weight excluding hydrogens is 705 g/mol. The zero-order chi connectivity index (χ0) is 38.0. The summed E-state index contributed by atoms with van der Waals surface area (Å²) in [4.78, 5) is 0. The molecule has 4 fully saturated rings. The lowest BCUT2D eigenvalue weighted by molar-refractivity contribution is -0.0440. The fraction of sp³-hybridized carbons (Fsp3) is 0.200. The molecule has 8 aromatic rings. The van der Waals surface area contributed by atoms with Gasteiger partial charge in [-0.1, -0.05) is 133 Å². The Morgan fingerprint density at radius 2 is 0.828 bits per heavy atom. The molecule has 0 atom stereocenters. The lowest BCUT2D eigenvalue weighted by atomic mass is 9.38. The Hall–Kier alpha value is -6.32. The number of fused-ring (bicyclic) bond motifs is 9. The van der Waals surface area contributed by atoms with Gasteiger partial charge >= 0.3 is 0 Å². The van der Waals surface area contributed by atoms with Crippen LogP contribution in [-0.4, -0.2) is 10.2 Å². The summed E-state index contributed by atoms with van der Waals surface area (Å²) in [5.41, 5.74) is 18.0. The standard InChI is InChI=1S/C55H42N2O/c1-2-12-36(13-3-1)52-56-57-53(58-52)41-17-11-16-39(32-41)37-14-10-15-38(31-37)40-24-25-50-51(33-40)55(46-20-6-4-18-44(46)45-19-5-7-21-47(45)55)49-23-9-8-22-48(49)54(50)42-27-34-26-35(29-42)30-43(54)28-34/h1-25,31-35,42-43H,26-30H2. The van der Waals surface area contributed by atoms with Crippen molar-refractivity contribution in [3.05, 3.63) is 203 Å². The van der Waals surface area contributed by atoms with E-state index in [9.17, 15) is 0 Å². The van der Waals surface area contributed by atoms with Gasteiger partial charge in [-0.25, -0.2) is 0 Å². The van der Waals surface area contributed by atoms with Crippen molar-refractivity contribution in [1.82, 2.24) is 10.2 Å². The van der Waals surface area contributed by atoms with Gasteiger partial charge in [-0.15, -0.1) is 10.2 Å². The molecule has 2 spiro atoms. The summed E-state index contributed by atoms with van der Waals surface area (Å²) >= 11 is 0. The van der Waals surface area contributed by atoms with Crippen molar-refractivity contribution in [2.45, 2.75) is 42.9 Å². The van der Waals surface area contributed by atoms with Crippen molar-refractivity contribution < 1.29 is 4.42 Å². The quantitative estimate of drug-likeness (QED) is 0.180. The van der Waals surface area contributed by atoms with Crippen LogP contribution in [0.5, 0.6) is 0 Å². The maximum atomic E-state index is 6.17. The second-order valence-corrected chi connectivity index (χ2v) is 17.8. The normalized spacial score (nSPS) is 23.7. The third kappa shape index (κ3) is 4.34. The fourth-order valence-electron chi connectivity index (χ4n) is 13.2. The van der Waals surface area contributed by atoms with Gasteiger partial charge in [0.25, 0.3) is 0 Å². The first-order valence-corrected chi connectivity index (χ1v) is 21.2. The molecule has 6 aliphatic rings. The number of hydrogen-bond donors (Lipinski definition) is 0. The molecule has 58 heavy (non-hydrogen) atoms. The van der Waals surface area contributed by atoms with Gasteiger partial charge in [0.15, 0.2) is 0 Å². The van der Waals surface area contributed by atoms with Crippen LogP contribution in [0.3, 0.4) is 0 Å². The molecule has 0 radical (unpaired) electrons. The Balaban J connectivity index is 0.998. The summed E-state index contributed by atoms with van der Waals surface area (Å²) in [5.74, 6) is 4.18. The number of rotatable bonds is 4. The average molecular weight is 747 g/mol. The van der Waals surface area contributed by atoms with Gasteiger partial charge in [-0.05, 0) is 159 Å². The molecule has 3 heteroatoms. The first kappa shape index (κ1) is 32.7. The monoisotopic (exact) mass is 746 g/mol. The Kier molecular flexibility index (Phi) is 6.83. The number of nitrogens with zero attached hydrogens (tertiary/aromatic N) is 2. The molecule has 4 bridgehead atoms. The summed E-state index contributed by atoms with van der Waals surface area (Å²) < 4.78 is 6.17. The van der Waals surface area contributed by atoms with Crippen LogP contribution < -0.4 is 0 Å². The minimum atomic E-state index is -0.399. The fourth-order valence-corrected chi connectivity index (χ4v) is 13.2. The van der Waals surface area contributed by atoms with Crippen LogP contribution in [0.25, 0.3) is 56.3 Å². The third-order valence-corrected chi connectivity index (χ3v) is 15.1. The lowest BCUT2D eigenvalue weighted by Gasteiger charge is -2.65. The van der Waals surface area contributed by atoms with Crippen molar-refractivity contribution in [3.8, 4) is 56.3 Å². The summed E-state index contributed by atoms with van der Waals surface area (Å²) in [7, 11) is 0. The van der Waals surface area contributed by atoms with E-state index in [4.69, 9.17) is 4.42 Å². The Morgan fingerprint density at radius 1 is 0.362 bits per heavy atom. The summed E-state index contributed by atoms with van der Waals surface area (Å²) in [6.45, 7) is 0. The maximum Gasteiger partial charge on any atom is 0.248 e. The first-order valence-electron chi connectivity index (χ1n) is 21.2. The molecule has 6 aliphatic carbocycles. The maximum absolute atomic E-state index is 6.17. The van der Waals surface area contributed by atoms with Crippen LogP contribution in [0.1, 0.15) is 65.5 Å². The zero-order valence-corrected chi connectivity index (χ0v) is 32.3. The first-order chi connectivity index (χ1) is 28.7. The molecular formula is C55H42N2O. The van der Waals surface area contributed by atoms with E-state index >= 15 is 0 Å². The molecule has 7 aromatic carbocycles. The zero-order valence-electron chi connectivity index (χ0n) is 32.3. The van der Waals surface area contributed by atoms with E-state index in [-0.39, 0.29) is 5.41 Å². The average Bonchev–Trinajstić information content (AvgIpc) is 3.90. The SMILES string of the molecule is c1ccc(-c2nnc(-c3cccc(-c4cccc(-c5ccc6c(c5)C5(c7ccccc7-c7ccccc75)c5ccccc5C65C6CC7CC(C6)CC5C7)c4)c3)o2)cc1. The molecule has 3 nitrogen and oxygen atoms in total. The highest BCUT2D eigenvalue weighted by atomic mass is 16.4. The van der Waals surface area contributed by atoms with E-state index in [1.807, 2.05) is 36.4 Å². The van der Waals surface area contributed by atoms with Crippen molar-refractivity contribution in [1.29, 1.82) is 0 Å². The van der Waals surface area contributed by atoms with Gasteiger partial charge in [0.05, 0.1) is 5.41 Å². The molecule has 0 amide bonds. The van der Waals surface area contributed by atoms with Crippen LogP contribution in [0.2, 0.25) is 0 Å². The molecule has 4 saturated carbocycles. The predicted octanol–water partition coefficient (Wildman–Crippen LogP) is 13.2. The highest BCUT2D eigenvalue weighted by Crippen LogP contribution is 2.71. The number of benzene rings is 7. The van der Waals surface area contributed by atoms with Crippen LogP contribution in [0, 0.1) is 23.7 Å². The summed E-state index contributed by atoms with van der Waals surface area (Å²) in [5, 5.41) is 8.80. The second-order valence-electron chi connectivity index (χ2n) is 17.8. The molecule has 14 rings (SSSR count). The van der Waals surface area contributed by atoms with Gasteiger partial charge in [0.2, 0.25) is 11.8 Å². The summed E-state index contributed by atoms with van der Waals surface area (Å²) in [6, 6.07) is 63.5. The number of aromatic nitrogens is 2. The number of hydrogen-bond acceptors (Lipinski definition) is 3. The molecule has 0 aliphatic heterocycles. The Labute approximate surface area is 339 Å². The van der Waals surface area contributed by atoms with E-state index in [2.05, 4.69) is 144 Å². The molecule has 1 aromatic heterocycles. The molecule has 278 valence electrons. The Bertz CT molecular complexity index is 2860. The molecule has 0 N–H and O–H groups in total. The summed E-state index contributed by atoms with van der Waals surface area (Å²) in [6.07, 6.45) is 6.90. The van der Waals surface area contributed by atoms with Gasteiger partial charge in [0.1, 0.15) is 0 Å². The van der Waals surface area contributed by atoms with Gasteiger partial charge in [-0.3, -0.25) is 0 Å². The smallest absolute Gasteiger partial charge is 0.248 e. The molecule has 0 unspecified atom stereocenters. The van der Waals surface area contributed by atoms with Crippen LogP contribution in [0.15, 0.2) is 174 Å². The predicted molar refractivity (Wildman–Crippen MR) is 231 cm³/mol. The highest BCUT2D eigenvalue weighted by molar-refractivity contribution is 5.89. The third-order valence-electron chi connectivity index (χ3n) is 15.1. The van der Waals surface area contributed by atoms with E-state index in [1.165, 1.54) is 76.6 Å². The van der Waals surface area contributed by atoms with Crippen LogP contribution in [-0.2, 0) is 10.8 Å². The van der Waals surface area contributed by atoms with E-state index in [1.54, 1.807) is 11.1 Å². The lowest BCUT2D eigenvalue weighted by Crippen LogP contribution is -2.59. The molecule has 0 saturated heterocycles. The van der Waals surface area contributed by atoms with Crippen molar-refractivity contribution >= 4 is 0 Å². The molecule has 1 heterocycles. The van der Waals surface area contributed by atoms with E-state index in [0.29, 0.717) is 23.6 Å². The van der Waals surface area contributed by atoms with Crippen LogP contribution in [0.4, 0.5) is 0 Å². The van der Waals surface area contributed by atoms with Gasteiger partial charge < -0.3 is 4.42 Å². The minimum absolute atomic E-state index is 0.0347. The largest absolute Gasteiger partial charge is 0.416 e. The van der Waals surface area contributed by atoms with Crippen molar-refractivity contribution in [2.24, 2.45) is 23.7 Å². The van der Waals surface area contributed by atoms with E-state index in [0.717, 1.165) is 34.1 Å². The van der Waals surface area contributed by atoms with Crippen molar-refractivity contribution in [2.75, 3.05) is 0 Å². The van der Waals surface area contributed by atoms with Gasteiger partial charge in [-0.2, -0.15) is 0 Å². The van der Waals surface area contributed by atoms with Gasteiger partial charge in [0, 0.05) is 16.5 Å². The minimum Gasteiger partial charge on any atom is -0.416 e. The second kappa shape index (κ2) is 12.1. The van der Waals surface area contributed by atoms with E-state index < -0.39 is 5.41 Å². The van der Waals surface area contributed by atoms with Crippen molar-refractivity contribution in [3.63, 3.8) is 0 Å².